The van der Waals surface area contributed by atoms with Gasteiger partial charge in [0, 0.05) is 70.6 Å². The number of benzene rings is 8. The van der Waals surface area contributed by atoms with Gasteiger partial charge in [0.2, 0.25) is 5.41 Å². The number of ketones is 3. The van der Waals surface area contributed by atoms with Crippen molar-refractivity contribution in [2.24, 2.45) is 0 Å². The van der Waals surface area contributed by atoms with Crippen molar-refractivity contribution >= 4 is 64.7 Å². The first-order valence-corrected chi connectivity index (χ1v) is 29.4. The van der Waals surface area contributed by atoms with Gasteiger partial charge in [0.1, 0.15) is 23.0 Å². The lowest BCUT2D eigenvalue weighted by Crippen LogP contribution is -2.54. The second kappa shape index (κ2) is 22.2. The van der Waals surface area contributed by atoms with Crippen LogP contribution in [-0.4, -0.2) is 42.7 Å². The highest BCUT2D eigenvalue weighted by atomic mass is 128. The largest absolute Gasteiger partial charge is 0.457 e. The molecule has 17 heteroatoms. The molecular formula is C56H38F6I2O8S. The Kier molecular flexibility index (Phi) is 16.5. The summed E-state index contributed by atoms with van der Waals surface area (Å²) in [6, 6.07) is 42.2. The number of ether oxygens (including phenoxy) is 2. The molecule has 0 bridgehead atoms. The summed E-state index contributed by atoms with van der Waals surface area (Å²) in [4.78, 5) is 39.3. The fraction of sp³-hybridized carbons (Fsp3) is 0.0893. The van der Waals surface area contributed by atoms with Crippen LogP contribution in [0.2, 0.25) is 0 Å². The van der Waals surface area contributed by atoms with Gasteiger partial charge in [-0.15, -0.1) is 0 Å². The van der Waals surface area contributed by atoms with Crippen molar-refractivity contribution in [1.29, 1.82) is 0 Å². The number of halogens is 8. The number of aryl methyl sites for hydroxylation is 2. The topological polar surface area (TPSA) is 124 Å². The fourth-order valence-corrected chi connectivity index (χ4v) is 8.53. The van der Waals surface area contributed by atoms with Crippen molar-refractivity contribution < 1.29 is 63.2 Å². The molecule has 0 unspecified atom stereocenters. The number of hydrogen-bond acceptors (Lipinski definition) is 7. The van der Waals surface area contributed by atoms with Crippen molar-refractivity contribution in [2.45, 2.75) is 36.5 Å². The molecule has 1 N–H and O–H groups in total. The molecule has 0 spiro atoms. The van der Waals surface area contributed by atoms with Gasteiger partial charge in [0.05, 0.1) is 4.90 Å². The molecule has 0 aliphatic rings. The number of carbonyl (C=O) groups excluding carboxylic acids is 3. The van der Waals surface area contributed by atoms with E-state index in [1.165, 1.54) is 66.7 Å². The van der Waals surface area contributed by atoms with Crippen molar-refractivity contribution in [3.63, 3.8) is 0 Å². The molecule has 0 radical (unpaired) electrons. The molecule has 0 aromatic heterocycles. The van der Waals surface area contributed by atoms with Crippen LogP contribution in [0.4, 0.5) is 26.3 Å². The molecule has 0 fully saturated rings. The summed E-state index contributed by atoms with van der Waals surface area (Å²) >= 11 is 4.24. The second-order valence-corrected chi connectivity index (χ2v) is 17.9. The quantitative estimate of drug-likeness (QED) is 0.0494. The first-order valence-electron chi connectivity index (χ1n) is 21.7. The molecule has 8 rings (SSSR count). The smallest absolute Gasteiger partial charge is 0.411 e. The minimum Gasteiger partial charge on any atom is -0.457 e. The van der Waals surface area contributed by atoms with Gasteiger partial charge in [-0.25, -0.2) is 0 Å². The molecule has 8 nitrogen and oxygen atoms in total. The molecule has 0 heterocycles. The SMILES string of the molecule is Cc1ccc(C(=O)c2ccc(Oc3ccc(C(c4ccc(Oc5ccc(C(=O)c6ccc(-c7ccc(C)c(C(=O)c8cccc(S(=O)(=O)O)c8)c7)cc6)cc5)cc4)(C(F)(F)F)C(F)(F)F)cc3)cc2)cc1.II. The minimum absolute atomic E-state index is 0.0453. The van der Waals surface area contributed by atoms with E-state index in [4.69, 9.17) is 9.47 Å². The fourth-order valence-electron chi connectivity index (χ4n) is 8.00. The van der Waals surface area contributed by atoms with Crippen LogP contribution in [0.25, 0.3) is 11.1 Å². The van der Waals surface area contributed by atoms with Crippen molar-refractivity contribution in [2.75, 3.05) is 0 Å². The van der Waals surface area contributed by atoms with Crippen LogP contribution in [-0.2, 0) is 15.5 Å². The first-order chi connectivity index (χ1) is 34.6. The van der Waals surface area contributed by atoms with E-state index in [0.717, 1.165) is 35.9 Å². The summed E-state index contributed by atoms with van der Waals surface area (Å²) in [5.41, 5.74) is -2.03. The Morgan fingerprint density at radius 3 is 1.22 bits per heavy atom. The van der Waals surface area contributed by atoms with Gasteiger partial charge in [-0.1, -0.05) is 103 Å². The van der Waals surface area contributed by atoms with E-state index in [0.29, 0.717) is 63.2 Å². The second-order valence-electron chi connectivity index (χ2n) is 16.5. The van der Waals surface area contributed by atoms with Crippen LogP contribution in [0.1, 0.15) is 70.0 Å². The summed E-state index contributed by atoms with van der Waals surface area (Å²) in [5.74, 6) is -0.872. The predicted molar refractivity (Wildman–Crippen MR) is 281 cm³/mol. The summed E-state index contributed by atoms with van der Waals surface area (Å²) in [6.07, 6.45) is -11.7. The zero-order valence-corrected chi connectivity index (χ0v) is 43.3. The summed E-state index contributed by atoms with van der Waals surface area (Å²) in [5, 5.41) is 0. The first kappa shape index (κ1) is 54.1. The number of carbonyl (C=O) groups is 3. The Balaban J connectivity index is 0.00000385. The standard InChI is InChI=1S/C56H38F6O8S.I2/c1-34-6-9-37(10-7-34)51(63)39-16-24-45(25-17-39)69-47-28-20-43(21-29-47)54(55(57,58)59,56(60,61)62)44-22-30-48(31-23-44)70-46-26-18-40(19-27-46)52(64)38-14-12-36(13-15-38)41-11-8-35(2)50(33-41)53(65)42-4-3-5-49(32-42)71(66,67)68;1-2/h3-33H,1-2H3,(H,66,67,68);. The number of alkyl halides is 6. The highest BCUT2D eigenvalue weighted by Crippen LogP contribution is 2.56. The van der Waals surface area contributed by atoms with Crippen LogP contribution >= 0.6 is 37.2 Å². The molecule has 372 valence electrons. The highest BCUT2D eigenvalue weighted by molar-refractivity contribution is 15.0. The maximum absolute atomic E-state index is 15.0. The molecule has 8 aromatic carbocycles. The number of hydrogen-bond donors (Lipinski definition) is 1. The van der Waals surface area contributed by atoms with E-state index >= 15 is 0 Å². The van der Waals surface area contributed by atoms with E-state index < -0.39 is 49.7 Å². The van der Waals surface area contributed by atoms with E-state index in [1.807, 2.05) is 6.92 Å². The van der Waals surface area contributed by atoms with Gasteiger partial charge in [0.15, 0.2) is 17.3 Å². The molecule has 0 saturated heterocycles. The summed E-state index contributed by atoms with van der Waals surface area (Å²) in [7, 11) is -4.53. The van der Waals surface area contributed by atoms with Crippen molar-refractivity contribution in [3.8, 4) is 34.1 Å². The van der Waals surface area contributed by atoms with Gasteiger partial charge in [-0.3, -0.25) is 18.9 Å². The van der Waals surface area contributed by atoms with Crippen LogP contribution < -0.4 is 9.47 Å². The zero-order valence-electron chi connectivity index (χ0n) is 38.1. The predicted octanol–water partition coefficient (Wildman–Crippen LogP) is 15.7. The molecule has 0 amide bonds. The van der Waals surface area contributed by atoms with Gasteiger partial charge in [0.25, 0.3) is 10.1 Å². The zero-order chi connectivity index (χ0) is 52.9. The third-order valence-electron chi connectivity index (χ3n) is 11.8. The Hall–Kier alpha value is -6.68. The van der Waals surface area contributed by atoms with Gasteiger partial charge in [-0.05, 0) is 133 Å². The summed E-state index contributed by atoms with van der Waals surface area (Å²) < 4.78 is 134. The Morgan fingerprint density at radius 2 is 0.822 bits per heavy atom. The average Bonchev–Trinajstić information content (AvgIpc) is 3.37. The molecule has 0 atom stereocenters. The van der Waals surface area contributed by atoms with Gasteiger partial charge < -0.3 is 9.47 Å². The normalized spacial score (nSPS) is 11.8. The lowest BCUT2D eigenvalue weighted by Gasteiger charge is -2.38. The molecule has 0 saturated carbocycles. The molecule has 0 aliphatic heterocycles. The Bertz CT molecular complexity index is 3390. The monoisotopic (exact) mass is 1240 g/mol. The van der Waals surface area contributed by atoms with E-state index in [1.54, 1.807) is 73.7 Å². The summed E-state index contributed by atoms with van der Waals surface area (Å²) in [6.45, 7) is 3.61. The van der Waals surface area contributed by atoms with Crippen LogP contribution in [0.3, 0.4) is 0 Å². The van der Waals surface area contributed by atoms with Gasteiger partial charge >= 0.3 is 12.4 Å². The lowest BCUT2D eigenvalue weighted by atomic mass is 9.73. The Labute approximate surface area is 439 Å². The molecule has 0 aliphatic carbocycles. The third-order valence-corrected chi connectivity index (χ3v) is 12.6. The van der Waals surface area contributed by atoms with E-state index in [-0.39, 0.29) is 45.7 Å². The lowest BCUT2D eigenvalue weighted by molar-refractivity contribution is -0.288. The van der Waals surface area contributed by atoms with Crippen molar-refractivity contribution in [3.05, 3.63) is 244 Å². The molecule has 73 heavy (non-hydrogen) atoms. The highest BCUT2D eigenvalue weighted by Gasteiger charge is 2.72. The maximum atomic E-state index is 15.0. The van der Waals surface area contributed by atoms with Crippen LogP contribution in [0.5, 0.6) is 23.0 Å². The molecule has 8 aromatic rings. The van der Waals surface area contributed by atoms with Crippen molar-refractivity contribution in [1.82, 2.24) is 0 Å². The number of rotatable bonds is 14. The average molecular weight is 1240 g/mol. The Morgan fingerprint density at radius 1 is 0.452 bits per heavy atom. The van der Waals surface area contributed by atoms with Crippen LogP contribution in [0.15, 0.2) is 193 Å². The van der Waals surface area contributed by atoms with Gasteiger partial charge in [-0.2, -0.15) is 34.8 Å². The molecular weight excluding hydrogens is 1200 g/mol. The third kappa shape index (κ3) is 11.9. The van der Waals surface area contributed by atoms with Crippen LogP contribution in [0, 0.1) is 13.8 Å². The minimum atomic E-state index is -5.85. The van der Waals surface area contributed by atoms with E-state index in [9.17, 15) is 53.7 Å². The maximum Gasteiger partial charge on any atom is 0.411 e. The van der Waals surface area contributed by atoms with E-state index in [2.05, 4.69) is 37.2 Å².